The molecule has 0 atom stereocenters. The summed E-state index contributed by atoms with van der Waals surface area (Å²) in [5.74, 6) is 2.78. The van der Waals surface area contributed by atoms with Crippen molar-refractivity contribution in [1.82, 2.24) is 0 Å². The third kappa shape index (κ3) is 4.36. The Bertz CT molecular complexity index is 1000. The fourth-order valence-electron chi connectivity index (χ4n) is 3.32. The third-order valence-corrected chi connectivity index (χ3v) is 9.75. The number of benzene rings is 2. The van der Waals surface area contributed by atoms with Crippen molar-refractivity contribution in [3.05, 3.63) is 53.6 Å². The highest BCUT2D eigenvalue weighted by atomic mass is 32.2. The van der Waals surface area contributed by atoms with E-state index in [9.17, 15) is 13.2 Å². The molecule has 0 amide bonds. The van der Waals surface area contributed by atoms with Gasteiger partial charge in [0.15, 0.2) is 11.5 Å². The molecule has 0 saturated carbocycles. The first-order valence-electron chi connectivity index (χ1n) is 9.22. The Kier molecular flexibility index (Phi) is 5.98. The molecular weight excluding hydrogens is 430 g/mol. The number of sulfonamides is 1. The maximum Gasteiger partial charge on any atom is 0.343 e. The lowest BCUT2D eigenvalue weighted by molar-refractivity contribution is 0.0729. The molecule has 0 aromatic heterocycles. The predicted molar refractivity (Wildman–Crippen MR) is 118 cm³/mol. The number of thioether (sulfide) groups is 2. The largest absolute Gasteiger partial charge is 0.493 e. The molecule has 2 aromatic rings. The molecule has 2 heterocycles. The van der Waals surface area contributed by atoms with E-state index >= 15 is 0 Å². The van der Waals surface area contributed by atoms with Crippen LogP contribution < -0.4 is 13.8 Å². The molecule has 2 aliphatic heterocycles. The van der Waals surface area contributed by atoms with E-state index in [1.807, 2.05) is 35.7 Å². The van der Waals surface area contributed by atoms with Gasteiger partial charge < -0.3 is 9.47 Å². The molecule has 0 aliphatic carbocycles. The van der Waals surface area contributed by atoms with E-state index in [0.717, 1.165) is 17.1 Å². The molecule has 2 aromatic carbocycles. The van der Waals surface area contributed by atoms with Crippen LogP contribution >= 0.6 is 23.5 Å². The van der Waals surface area contributed by atoms with Gasteiger partial charge in [-0.05, 0) is 48.4 Å². The summed E-state index contributed by atoms with van der Waals surface area (Å²) >= 11 is 3.79. The van der Waals surface area contributed by atoms with Gasteiger partial charge in [-0.25, -0.2) is 13.2 Å². The van der Waals surface area contributed by atoms with Crippen molar-refractivity contribution in [2.45, 2.75) is 11.0 Å². The van der Waals surface area contributed by atoms with Gasteiger partial charge in [0.2, 0.25) is 10.0 Å². The third-order valence-electron chi connectivity index (χ3n) is 4.77. The summed E-state index contributed by atoms with van der Waals surface area (Å²) in [5, 5.41) is 0. The number of ether oxygens (including phenoxy) is 2. The standard InChI is InChI=1S/C20H21NO5S3/c1-25-18-13-15(20-27-10-11-28-20)5-8-17(18)26-19(22)14-3-6-16(7-4-14)21-9-2-12-29(21,23)24/h3-8,13,20H,2,9-12H2,1H3. The number of carbonyl (C=O) groups is 1. The summed E-state index contributed by atoms with van der Waals surface area (Å²) in [6, 6.07) is 12.1. The number of nitrogens with zero attached hydrogens (tertiary/aromatic N) is 1. The fourth-order valence-corrected chi connectivity index (χ4v) is 7.72. The molecule has 0 radical (unpaired) electrons. The Labute approximate surface area is 179 Å². The lowest BCUT2D eigenvalue weighted by atomic mass is 10.2. The van der Waals surface area contributed by atoms with Gasteiger partial charge in [-0.3, -0.25) is 4.31 Å². The minimum atomic E-state index is -3.24. The normalized spacial score (nSPS) is 18.7. The van der Waals surface area contributed by atoms with Crippen LogP contribution in [-0.2, 0) is 10.0 Å². The molecule has 0 spiro atoms. The zero-order valence-electron chi connectivity index (χ0n) is 15.9. The van der Waals surface area contributed by atoms with Crippen LogP contribution in [0.4, 0.5) is 5.69 Å². The Morgan fingerprint density at radius 3 is 2.41 bits per heavy atom. The second kappa shape index (κ2) is 8.49. The predicted octanol–water partition coefficient (Wildman–Crippen LogP) is 3.93. The Hall–Kier alpha value is -1.84. The highest BCUT2D eigenvalue weighted by Crippen LogP contribution is 2.47. The molecule has 0 bridgehead atoms. The first-order chi connectivity index (χ1) is 14.0. The van der Waals surface area contributed by atoms with Gasteiger partial charge in [0.1, 0.15) is 0 Å². The summed E-state index contributed by atoms with van der Waals surface area (Å²) in [7, 11) is -1.69. The van der Waals surface area contributed by atoms with Crippen molar-refractivity contribution in [3.63, 3.8) is 0 Å². The van der Waals surface area contributed by atoms with Crippen LogP contribution in [0.1, 0.15) is 26.9 Å². The Balaban J connectivity index is 1.49. The Morgan fingerprint density at radius 1 is 1.07 bits per heavy atom. The van der Waals surface area contributed by atoms with E-state index in [1.165, 1.54) is 4.31 Å². The van der Waals surface area contributed by atoms with Crippen LogP contribution in [0.5, 0.6) is 11.5 Å². The van der Waals surface area contributed by atoms with Gasteiger partial charge in [0, 0.05) is 18.1 Å². The Morgan fingerprint density at radius 2 is 1.79 bits per heavy atom. The lowest BCUT2D eigenvalue weighted by Crippen LogP contribution is -2.25. The maximum atomic E-state index is 12.6. The van der Waals surface area contributed by atoms with Crippen LogP contribution in [0.15, 0.2) is 42.5 Å². The number of methoxy groups -OCH3 is 1. The lowest BCUT2D eigenvalue weighted by Gasteiger charge is -2.17. The molecule has 2 fully saturated rings. The van der Waals surface area contributed by atoms with E-state index in [0.29, 0.717) is 40.3 Å². The number of esters is 1. The summed E-state index contributed by atoms with van der Waals surface area (Å²) in [6.45, 7) is 0.466. The van der Waals surface area contributed by atoms with Gasteiger partial charge in [-0.15, -0.1) is 23.5 Å². The van der Waals surface area contributed by atoms with Crippen molar-refractivity contribution in [1.29, 1.82) is 0 Å². The van der Waals surface area contributed by atoms with Crippen LogP contribution in [0, 0.1) is 0 Å². The quantitative estimate of drug-likeness (QED) is 0.504. The first-order valence-corrected chi connectivity index (χ1v) is 12.9. The second-order valence-corrected chi connectivity index (χ2v) is 11.4. The zero-order valence-corrected chi connectivity index (χ0v) is 18.3. The number of hydrogen-bond donors (Lipinski definition) is 0. The van der Waals surface area contributed by atoms with E-state index in [1.54, 1.807) is 37.4 Å². The molecule has 154 valence electrons. The molecular formula is C20H21NO5S3. The van der Waals surface area contributed by atoms with Crippen molar-refractivity contribution in [3.8, 4) is 11.5 Å². The van der Waals surface area contributed by atoms with Crippen molar-refractivity contribution >= 4 is 45.2 Å². The summed E-state index contributed by atoms with van der Waals surface area (Å²) in [4.78, 5) is 12.6. The first kappa shape index (κ1) is 20.4. The summed E-state index contributed by atoms with van der Waals surface area (Å²) in [6.07, 6.45) is 0.611. The summed E-state index contributed by atoms with van der Waals surface area (Å²) < 4.78 is 36.8. The summed E-state index contributed by atoms with van der Waals surface area (Å²) in [5.41, 5.74) is 2.05. The molecule has 9 heteroatoms. The molecule has 0 unspecified atom stereocenters. The second-order valence-electron chi connectivity index (χ2n) is 6.66. The number of hydrogen-bond acceptors (Lipinski definition) is 7. The topological polar surface area (TPSA) is 72.9 Å². The minimum absolute atomic E-state index is 0.157. The van der Waals surface area contributed by atoms with Crippen LogP contribution in [0.2, 0.25) is 0 Å². The smallest absolute Gasteiger partial charge is 0.343 e. The van der Waals surface area contributed by atoms with E-state index in [-0.39, 0.29) is 5.75 Å². The van der Waals surface area contributed by atoms with Crippen molar-refractivity contribution < 1.29 is 22.7 Å². The average molecular weight is 452 g/mol. The van der Waals surface area contributed by atoms with Gasteiger partial charge >= 0.3 is 5.97 Å². The molecule has 29 heavy (non-hydrogen) atoms. The van der Waals surface area contributed by atoms with Gasteiger partial charge in [0.05, 0.1) is 28.7 Å². The van der Waals surface area contributed by atoms with E-state index < -0.39 is 16.0 Å². The molecule has 4 rings (SSSR count). The van der Waals surface area contributed by atoms with Crippen LogP contribution in [0.3, 0.4) is 0 Å². The van der Waals surface area contributed by atoms with Gasteiger partial charge in [0.25, 0.3) is 0 Å². The van der Waals surface area contributed by atoms with Crippen molar-refractivity contribution in [2.24, 2.45) is 0 Å². The SMILES string of the molecule is COc1cc(C2SCCS2)ccc1OC(=O)c1ccc(N2CCCS2(=O)=O)cc1. The van der Waals surface area contributed by atoms with Crippen LogP contribution in [-0.4, -0.2) is 45.3 Å². The molecule has 2 aliphatic rings. The van der Waals surface area contributed by atoms with E-state index in [2.05, 4.69) is 0 Å². The maximum absolute atomic E-state index is 12.6. The number of anilines is 1. The molecule has 0 N–H and O–H groups in total. The van der Waals surface area contributed by atoms with Gasteiger partial charge in [-0.2, -0.15) is 0 Å². The highest BCUT2D eigenvalue weighted by molar-refractivity contribution is 8.19. The van der Waals surface area contributed by atoms with Gasteiger partial charge in [-0.1, -0.05) is 6.07 Å². The van der Waals surface area contributed by atoms with Crippen LogP contribution in [0.25, 0.3) is 0 Å². The zero-order chi connectivity index (χ0) is 20.4. The number of carbonyl (C=O) groups excluding carboxylic acids is 1. The monoisotopic (exact) mass is 451 g/mol. The fraction of sp³-hybridized carbons (Fsp3) is 0.350. The minimum Gasteiger partial charge on any atom is -0.493 e. The van der Waals surface area contributed by atoms with E-state index in [4.69, 9.17) is 9.47 Å². The molecule has 2 saturated heterocycles. The number of rotatable bonds is 5. The molecule has 6 nitrogen and oxygen atoms in total. The highest BCUT2D eigenvalue weighted by Gasteiger charge is 2.28. The average Bonchev–Trinajstić information content (AvgIpc) is 3.38. The van der Waals surface area contributed by atoms with Crippen molar-refractivity contribution in [2.75, 3.05) is 35.2 Å².